The van der Waals surface area contributed by atoms with Gasteiger partial charge in [-0.25, -0.2) is 4.98 Å². The molecule has 0 atom stereocenters. The van der Waals surface area contributed by atoms with E-state index in [0.717, 1.165) is 10.9 Å². The zero-order valence-corrected chi connectivity index (χ0v) is 10.4. The van der Waals surface area contributed by atoms with Gasteiger partial charge in [0.25, 0.3) is 0 Å². The molecule has 1 aromatic carbocycles. The van der Waals surface area contributed by atoms with Crippen LogP contribution in [0.3, 0.4) is 0 Å². The van der Waals surface area contributed by atoms with Crippen LogP contribution in [0, 0.1) is 0 Å². The summed E-state index contributed by atoms with van der Waals surface area (Å²) < 4.78 is 1.58. The van der Waals surface area contributed by atoms with Crippen molar-refractivity contribution in [1.82, 2.24) is 20.0 Å². The molecule has 0 saturated carbocycles. The molecule has 0 aliphatic heterocycles. The molecule has 0 spiro atoms. The lowest BCUT2D eigenvalue weighted by Crippen LogP contribution is -2.06. The standard InChI is InChI=1S/C14H12N4O/c1-18-9-11(16-17-18)8-14(19)13-7-6-10-4-2-3-5-12(10)15-13/h2-7,9H,8H2,1H3. The Bertz CT molecular complexity index is 748. The summed E-state index contributed by atoms with van der Waals surface area (Å²) in [6, 6.07) is 11.4. The minimum absolute atomic E-state index is 0.0498. The number of carbonyl (C=O) groups excluding carboxylic acids is 1. The van der Waals surface area contributed by atoms with Gasteiger partial charge in [0.15, 0.2) is 5.78 Å². The Morgan fingerprint density at radius 1 is 1.21 bits per heavy atom. The van der Waals surface area contributed by atoms with Gasteiger partial charge in [0.1, 0.15) is 5.69 Å². The number of hydrogen-bond acceptors (Lipinski definition) is 4. The summed E-state index contributed by atoms with van der Waals surface area (Å²) >= 11 is 0. The molecular formula is C14H12N4O. The Balaban J connectivity index is 1.89. The van der Waals surface area contributed by atoms with Crippen molar-refractivity contribution in [2.75, 3.05) is 0 Å². The maximum absolute atomic E-state index is 12.1. The Labute approximate surface area is 109 Å². The van der Waals surface area contributed by atoms with Gasteiger partial charge in [-0.15, -0.1) is 5.10 Å². The third-order valence-electron chi connectivity index (χ3n) is 2.88. The monoisotopic (exact) mass is 252 g/mol. The second-order valence-electron chi connectivity index (χ2n) is 4.37. The highest BCUT2D eigenvalue weighted by Gasteiger charge is 2.11. The van der Waals surface area contributed by atoms with Crippen LogP contribution in [0.4, 0.5) is 0 Å². The number of fused-ring (bicyclic) bond motifs is 1. The van der Waals surface area contributed by atoms with E-state index in [2.05, 4.69) is 15.3 Å². The van der Waals surface area contributed by atoms with Gasteiger partial charge in [0.2, 0.25) is 0 Å². The Morgan fingerprint density at radius 3 is 2.84 bits per heavy atom. The van der Waals surface area contributed by atoms with Crippen LogP contribution in [-0.4, -0.2) is 25.8 Å². The Hall–Kier alpha value is -2.56. The van der Waals surface area contributed by atoms with Crippen LogP contribution in [0.15, 0.2) is 42.6 Å². The highest BCUT2D eigenvalue weighted by atomic mass is 16.1. The number of Topliss-reactive ketones (excluding diaryl/α,β-unsaturated/α-hetero) is 1. The molecule has 5 heteroatoms. The Morgan fingerprint density at radius 2 is 2.05 bits per heavy atom. The van der Waals surface area contributed by atoms with Crippen molar-refractivity contribution >= 4 is 16.7 Å². The summed E-state index contributed by atoms with van der Waals surface area (Å²) in [6.07, 6.45) is 1.96. The van der Waals surface area contributed by atoms with E-state index in [0.29, 0.717) is 11.4 Å². The first-order valence-electron chi connectivity index (χ1n) is 5.96. The summed E-state index contributed by atoms with van der Waals surface area (Å²) in [6.45, 7) is 0. The van der Waals surface area contributed by atoms with Crippen molar-refractivity contribution in [3.63, 3.8) is 0 Å². The quantitative estimate of drug-likeness (QED) is 0.667. The first kappa shape index (κ1) is 11.5. The number of ketones is 1. The molecule has 5 nitrogen and oxygen atoms in total. The summed E-state index contributed by atoms with van der Waals surface area (Å²) in [5.41, 5.74) is 1.94. The fourth-order valence-corrected chi connectivity index (χ4v) is 1.95. The van der Waals surface area contributed by atoms with Crippen molar-refractivity contribution in [1.29, 1.82) is 0 Å². The molecule has 19 heavy (non-hydrogen) atoms. The van der Waals surface area contributed by atoms with Gasteiger partial charge in [-0.05, 0) is 12.1 Å². The molecule has 3 rings (SSSR count). The molecule has 0 amide bonds. The van der Waals surface area contributed by atoms with Gasteiger partial charge >= 0.3 is 0 Å². The van der Waals surface area contributed by atoms with Crippen molar-refractivity contribution in [3.8, 4) is 0 Å². The van der Waals surface area contributed by atoms with E-state index < -0.39 is 0 Å². The molecule has 0 saturated heterocycles. The predicted molar refractivity (Wildman–Crippen MR) is 70.8 cm³/mol. The molecule has 2 heterocycles. The van der Waals surface area contributed by atoms with Gasteiger partial charge in [-0.1, -0.05) is 29.5 Å². The SMILES string of the molecule is Cn1cc(CC(=O)c2ccc3ccccc3n2)nn1. The average molecular weight is 252 g/mol. The molecule has 0 fully saturated rings. The number of aryl methyl sites for hydroxylation is 1. The van der Waals surface area contributed by atoms with E-state index >= 15 is 0 Å². The van der Waals surface area contributed by atoms with E-state index in [-0.39, 0.29) is 12.2 Å². The number of carbonyl (C=O) groups is 1. The molecule has 0 aliphatic carbocycles. The van der Waals surface area contributed by atoms with Crippen LogP contribution >= 0.6 is 0 Å². The average Bonchev–Trinajstić information content (AvgIpc) is 2.83. The van der Waals surface area contributed by atoms with E-state index in [1.165, 1.54) is 0 Å². The highest BCUT2D eigenvalue weighted by molar-refractivity contribution is 5.97. The van der Waals surface area contributed by atoms with Gasteiger partial charge in [-0.3, -0.25) is 9.48 Å². The third kappa shape index (κ3) is 2.35. The van der Waals surface area contributed by atoms with Crippen LogP contribution in [0.1, 0.15) is 16.2 Å². The van der Waals surface area contributed by atoms with Crippen LogP contribution in [-0.2, 0) is 13.5 Å². The number of hydrogen-bond donors (Lipinski definition) is 0. The maximum Gasteiger partial charge on any atom is 0.187 e. The van der Waals surface area contributed by atoms with Gasteiger partial charge in [-0.2, -0.15) is 0 Å². The lowest BCUT2D eigenvalue weighted by atomic mass is 10.1. The molecule has 0 unspecified atom stereocenters. The van der Waals surface area contributed by atoms with Crippen LogP contribution in [0.25, 0.3) is 10.9 Å². The summed E-state index contributed by atoms with van der Waals surface area (Å²) in [4.78, 5) is 16.5. The molecule has 0 bridgehead atoms. The van der Waals surface area contributed by atoms with Crippen LogP contribution in [0.2, 0.25) is 0 Å². The lowest BCUT2D eigenvalue weighted by Gasteiger charge is -2.01. The lowest BCUT2D eigenvalue weighted by molar-refractivity contribution is 0.0987. The molecular weight excluding hydrogens is 240 g/mol. The highest BCUT2D eigenvalue weighted by Crippen LogP contribution is 2.13. The molecule has 3 aromatic rings. The van der Waals surface area contributed by atoms with E-state index in [9.17, 15) is 4.79 Å². The summed E-state index contributed by atoms with van der Waals surface area (Å²) in [5, 5.41) is 8.74. The van der Waals surface area contributed by atoms with Crippen LogP contribution < -0.4 is 0 Å². The minimum atomic E-state index is -0.0498. The number of pyridine rings is 1. The largest absolute Gasteiger partial charge is 0.292 e. The number of rotatable bonds is 3. The number of para-hydroxylation sites is 1. The van der Waals surface area contributed by atoms with Gasteiger partial charge in [0, 0.05) is 18.6 Å². The van der Waals surface area contributed by atoms with Gasteiger partial charge < -0.3 is 0 Å². The fraction of sp³-hybridized carbons (Fsp3) is 0.143. The van der Waals surface area contributed by atoms with Crippen molar-refractivity contribution in [2.45, 2.75) is 6.42 Å². The Kier molecular flexibility index (Phi) is 2.79. The first-order valence-corrected chi connectivity index (χ1v) is 5.96. The molecule has 0 radical (unpaired) electrons. The molecule has 2 aromatic heterocycles. The van der Waals surface area contributed by atoms with Crippen molar-refractivity contribution in [2.24, 2.45) is 7.05 Å². The zero-order chi connectivity index (χ0) is 13.2. The number of benzene rings is 1. The second kappa shape index (κ2) is 4.61. The molecule has 0 N–H and O–H groups in total. The van der Waals surface area contributed by atoms with Crippen molar-refractivity contribution in [3.05, 3.63) is 54.0 Å². The fourth-order valence-electron chi connectivity index (χ4n) is 1.95. The topological polar surface area (TPSA) is 60.7 Å². The molecule has 94 valence electrons. The maximum atomic E-state index is 12.1. The van der Waals surface area contributed by atoms with E-state index in [1.807, 2.05) is 30.3 Å². The number of aromatic nitrogens is 4. The predicted octanol–water partition coefficient (Wildman–Crippen LogP) is 1.79. The van der Waals surface area contributed by atoms with Gasteiger partial charge in [0.05, 0.1) is 17.6 Å². The first-order chi connectivity index (χ1) is 9.22. The van der Waals surface area contributed by atoms with Crippen LogP contribution in [0.5, 0.6) is 0 Å². The summed E-state index contributed by atoms with van der Waals surface area (Å²) in [5.74, 6) is -0.0498. The molecule has 0 aliphatic rings. The second-order valence-corrected chi connectivity index (χ2v) is 4.37. The van der Waals surface area contributed by atoms with E-state index in [4.69, 9.17) is 0 Å². The number of nitrogens with zero attached hydrogens (tertiary/aromatic N) is 4. The zero-order valence-electron chi connectivity index (χ0n) is 10.4. The third-order valence-corrected chi connectivity index (χ3v) is 2.88. The smallest absolute Gasteiger partial charge is 0.187 e. The van der Waals surface area contributed by atoms with Crippen molar-refractivity contribution < 1.29 is 4.79 Å². The summed E-state index contributed by atoms with van der Waals surface area (Å²) in [7, 11) is 1.77. The van der Waals surface area contributed by atoms with E-state index in [1.54, 1.807) is 24.0 Å². The minimum Gasteiger partial charge on any atom is -0.292 e. The normalized spacial score (nSPS) is 10.8.